The Morgan fingerprint density at radius 3 is 2.39 bits per heavy atom. The Balaban J connectivity index is 0.00000392. The van der Waals surface area contributed by atoms with E-state index in [0.717, 1.165) is 37.4 Å². The number of hydrogen-bond donors (Lipinski definition) is 3. The normalized spacial score (nSPS) is 20.3. The Bertz CT molecular complexity index is 606. The third-order valence-electron chi connectivity index (χ3n) is 4.81. The summed E-state index contributed by atoms with van der Waals surface area (Å²) in [4.78, 5) is 17.8. The third-order valence-corrected chi connectivity index (χ3v) is 7.63. The van der Waals surface area contributed by atoms with Crippen molar-refractivity contribution in [3.8, 4) is 0 Å². The number of likely N-dealkylation sites (tertiary alicyclic amines) is 1. The van der Waals surface area contributed by atoms with Crippen LogP contribution in [0.4, 0.5) is 0 Å². The molecular formula is C16H33IN6O3S2. The van der Waals surface area contributed by atoms with Crippen molar-refractivity contribution in [2.45, 2.75) is 18.9 Å². The third kappa shape index (κ3) is 8.59. The Morgan fingerprint density at radius 1 is 1.18 bits per heavy atom. The molecule has 2 saturated heterocycles. The lowest BCUT2D eigenvalue weighted by Gasteiger charge is -2.32. The molecule has 9 nitrogen and oxygen atoms in total. The van der Waals surface area contributed by atoms with Crippen molar-refractivity contribution in [3.63, 3.8) is 0 Å². The fourth-order valence-corrected chi connectivity index (χ4v) is 5.65. The number of sulfonamides is 1. The zero-order valence-corrected chi connectivity index (χ0v) is 20.6. The lowest BCUT2D eigenvalue weighted by molar-refractivity contribution is -0.122. The minimum absolute atomic E-state index is 0. The number of halogens is 1. The number of likely N-dealkylation sites (N-methyl/N-ethyl adjacent to an activating group) is 1. The van der Waals surface area contributed by atoms with Gasteiger partial charge in [-0.1, -0.05) is 0 Å². The van der Waals surface area contributed by atoms with Gasteiger partial charge in [0.25, 0.3) is 0 Å². The van der Waals surface area contributed by atoms with Crippen LogP contribution in [0.1, 0.15) is 12.8 Å². The molecule has 2 aliphatic rings. The number of amides is 1. The van der Waals surface area contributed by atoms with Gasteiger partial charge in [-0.2, -0.15) is 11.8 Å². The van der Waals surface area contributed by atoms with Gasteiger partial charge in [-0.25, -0.2) is 12.7 Å². The predicted octanol–water partition coefficient (Wildman–Crippen LogP) is -0.642. The second-order valence-electron chi connectivity index (χ2n) is 6.69. The van der Waals surface area contributed by atoms with E-state index in [1.807, 2.05) is 0 Å². The first-order chi connectivity index (χ1) is 12.9. The second kappa shape index (κ2) is 13.1. The second-order valence-corrected chi connectivity index (χ2v) is 10.0. The number of hydrogen-bond acceptors (Lipinski definition) is 6. The van der Waals surface area contributed by atoms with Gasteiger partial charge in [-0.05, 0) is 12.8 Å². The minimum atomic E-state index is -3.21. The summed E-state index contributed by atoms with van der Waals surface area (Å²) in [5.74, 6) is 2.47. The van der Waals surface area contributed by atoms with E-state index in [1.165, 1.54) is 0 Å². The molecule has 2 heterocycles. The summed E-state index contributed by atoms with van der Waals surface area (Å²) in [5.41, 5.74) is 0. The molecule has 0 atom stereocenters. The summed E-state index contributed by atoms with van der Waals surface area (Å²) in [7, 11) is 0.125. The van der Waals surface area contributed by atoms with E-state index in [2.05, 4.69) is 25.8 Å². The number of guanidine groups is 1. The highest BCUT2D eigenvalue weighted by molar-refractivity contribution is 14.0. The quantitative estimate of drug-likeness (QED) is 0.221. The molecule has 0 saturated carbocycles. The van der Waals surface area contributed by atoms with E-state index >= 15 is 0 Å². The molecule has 0 bridgehead atoms. The number of carbonyl (C=O) groups excluding carboxylic acids is 1. The van der Waals surface area contributed by atoms with Gasteiger partial charge in [0.2, 0.25) is 15.9 Å². The monoisotopic (exact) mass is 548 g/mol. The number of rotatable bonds is 7. The fourth-order valence-electron chi connectivity index (χ4n) is 3.16. The van der Waals surface area contributed by atoms with Gasteiger partial charge in [0.15, 0.2) is 5.96 Å². The lowest BCUT2D eigenvalue weighted by Crippen LogP contribution is -2.50. The number of carbonyl (C=O) groups is 1. The number of aliphatic imine (C=N–C) groups is 1. The van der Waals surface area contributed by atoms with E-state index < -0.39 is 10.0 Å². The van der Waals surface area contributed by atoms with Gasteiger partial charge in [-0.15, -0.1) is 24.0 Å². The van der Waals surface area contributed by atoms with Crippen molar-refractivity contribution < 1.29 is 13.2 Å². The van der Waals surface area contributed by atoms with Crippen LogP contribution in [0, 0.1) is 0 Å². The lowest BCUT2D eigenvalue weighted by atomic mass is 10.1. The van der Waals surface area contributed by atoms with Crippen molar-refractivity contribution in [1.29, 1.82) is 0 Å². The van der Waals surface area contributed by atoms with E-state index in [0.29, 0.717) is 32.1 Å². The molecule has 2 rings (SSSR count). The van der Waals surface area contributed by atoms with Crippen LogP contribution < -0.4 is 16.0 Å². The summed E-state index contributed by atoms with van der Waals surface area (Å²) in [5, 5.41) is 9.12. The average Bonchev–Trinajstić information content (AvgIpc) is 2.69. The summed E-state index contributed by atoms with van der Waals surface area (Å²) in [6, 6.07) is 0.271. The van der Waals surface area contributed by atoms with Gasteiger partial charge in [0, 0.05) is 64.4 Å². The van der Waals surface area contributed by atoms with Crippen LogP contribution in [0.25, 0.3) is 0 Å². The number of nitrogens with one attached hydrogen (secondary N) is 3. The van der Waals surface area contributed by atoms with Crippen molar-refractivity contribution in [2.75, 3.05) is 70.6 Å². The van der Waals surface area contributed by atoms with Crippen LogP contribution >= 0.6 is 35.7 Å². The first kappa shape index (κ1) is 25.7. The van der Waals surface area contributed by atoms with E-state index in [4.69, 9.17) is 0 Å². The summed E-state index contributed by atoms with van der Waals surface area (Å²) >= 11 is 1.79. The smallest absolute Gasteiger partial charge is 0.233 e. The summed E-state index contributed by atoms with van der Waals surface area (Å²) < 4.78 is 26.3. The molecular weight excluding hydrogens is 515 g/mol. The topological polar surface area (TPSA) is 106 Å². The molecule has 0 radical (unpaired) electrons. The molecule has 0 aromatic carbocycles. The molecule has 0 aliphatic carbocycles. The molecule has 0 aromatic heterocycles. The molecule has 12 heteroatoms. The number of piperidine rings is 1. The van der Waals surface area contributed by atoms with Gasteiger partial charge >= 0.3 is 0 Å². The van der Waals surface area contributed by atoms with E-state index in [9.17, 15) is 13.2 Å². The zero-order valence-electron chi connectivity index (χ0n) is 16.6. The maximum Gasteiger partial charge on any atom is 0.233 e. The van der Waals surface area contributed by atoms with Gasteiger partial charge in [0.05, 0.1) is 12.3 Å². The van der Waals surface area contributed by atoms with Gasteiger partial charge < -0.3 is 16.0 Å². The molecule has 0 spiro atoms. The Kier molecular flexibility index (Phi) is 12.0. The average molecular weight is 549 g/mol. The van der Waals surface area contributed by atoms with Crippen LogP contribution in [0.5, 0.6) is 0 Å². The van der Waals surface area contributed by atoms with E-state index in [1.54, 1.807) is 30.2 Å². The number of nitrogens with zero attached hydrogens (tertiary/aromatic N) is 3. The van der Waals surface area contributed by atoms with Crippen LogP contribution in [0.15, 0.2) is 4.99 Å². The highest BCUT2D eigenvalue weighted by Crippen LogP contribution is 2.13. The largest absolute Gasteiger partial charge is 0.358 e. The minimum Gasteiger partial charge on any atom is -0.358 e. The molecule has 164 valence electrons. The maximum atomic E-state index is 12.4. The van der Waals surface area contributed by atoms with E-state index in [-0.39, 0.29) is 41.7 Å². The zero-order chi connectivity index (χ0) is 19.7. The Hall–Kier alpha value is -0.310. The van der Waals surface area contributed by atoms with Gasteiger partial charge in [0.1, 0.15) is 0 Å². The van der Waals surface area contributed by atoms with Crippen molar-refractivity contribution in [2.24, 2.45) is 4.99 Å². The fraction of sp³-hybridized carbons (Fsp3) is 0.875. The first-order valence-corrected chi connectivity index (χ1v) is 12.2. The maximum absolute atomic E-state index is 12.4. The first-order valence-electron chi connectivity index (χ1n) is 9.40. The number of thioether (sulfide) groups is 1. The van der Waals surface area contributed by atoms with Crippen molar-refractivity contribution in [1.82, 2.24) is 25.2 Å². The van der Waals surface area contributed by atoms with Crippen molar-refractivity contribution in [3.05, 3.63) is 0 Å². The highest BCUT2D eigenvalue weighted by Gasteiger charge is 2.24. The molecule has 2 aliphatic heterocycles. The van der Waals surface area contributed by atoms with Crippen LogP contribution in [0.3, 0.4) is 0 Å². The predicted molar refractivity (Wildman–Crippen MR) is 126 cm³/mol. The Labute approximate surface area is 189 Å². The summed E-state index contributed by atoms with van der Waals surface area (Å²) in [6.07, 6.45) is 1.84. The molecule has 3 N–H and O–H groups in total. The molecule has 1 amide bonds. The highest BCUT2D eigenvalue weighted by atomic mass is 127. The molecule has 0 unspecified atom stereocenters. The molecule has 0 aromatic rings. The van der Waals surface area contributed by atoms with Crippen LogP contribution in [-0.4, -0.2) is 106 Å². The Morgan fingerprint density at radius 2 is 1.82 bits per heavy atom. The summed E-state index contributed by atoms with van der Waals surface area (Å²) in [6.45, 7) is 3.68. The molecule has 2 fully saturated rings. The van der Waals surface area contributed by atoms with Gasteiger partial charge in [-0.3, -0.25) is 14.7 Å². The standard InChI is InChI=1S/C16H32N6O3S2.HI/c1-17-15(23)13-21-6-3-14(4-7-21)20-16(18-2)19-5-12-27(24,25)22-8-10-26-11-9-22;/h14H,3-13H2,1-2H3,(H,17,23)(H2,18,19,20);1H. The van der Waals surface area contributed by atoms with Crippen molar-refractivity contribution >= 4 is 57.6 Å². The van der Waals surface area contributed by atoms with Crippen LogP contribution in [-0.2, 0) is 14.8 Å². The van der Waals surface area contributed by atoms with Crippen LogP contribution in [0.2, 0.25) is 0 Å². The SMILES string of the molecule is CN=C(NCCS(=O)(=O)N1CCSCC1)NC1CCN(CC(=O)NC)CC1.I. The molecule has 28 heavy (non-hydrogen) atoms.